The number of hydrogen-bond acceptors (Lipinski definition) is 4. The molecule has 1 aliphatic rings. The topological polar surface area (TPSA) is 55.8 Å². The van der Waals surface area contributed by atoms with Gasteiger partial charge in [-0.15, -0.1) is 0 Å². The van der Waals surface area contributed by atoms with Gasteiger partial charge in [-0.1, -0.05) is 36.4 Å². The third kappa shape index (κ3) is 3.36. The van der Waals surface area contributed by atoms with Crippen LogP contribution in [0.25, 0.3) is 10.8 Å². The van der Waals surface area contributed by atoms with E-state index in [4.69, 9.17) is 9.47 Å². The number of fused-ring (bicyclic) bond motifs is 1. The minimum absolute atomic E-state index is 0.0666. The maximum atomic E-state index is 12.6. The quantitative estimate of drug-likeness (QED) is 0.524. The number of amides is 1. The number of carbonyl (C=O) groups excluding carboxylic acids is 2. The molecule has 0 saturated carbocycles. The molecule has 0 spiro atoms. The summed E-state index contributed by atoms with van der Waals surface area (Å²) in [6, 6.07) is 20.6. The van der Waals surface area contributed by atoms with Gasteiger partial charge in [0.05, 0.1) is 18.7 Å². The number of nitrogens with zero attached hydrogens (tertiary/aromatic N) is 1. The Bertz CT molecular complexity index is 991. The first kappa shape index (κ1) is 17.1. The number of carbonyl (C=O) groups is 2. The van der Waals surface area contributed by atoms with Crippen LogP contribution in [0.4, 0.5) is 5.69 Å². The van der Waals surface area contributed by atoms with E-state index in [0.29, 0.717) is 18.0 Å². The van der Waals surface area contributed by atoms with Gasteiger partial charge in [0.1, 0.15) is 11.5 Å². The molecule has 4 rings (SSSR count). The molecule has 0 unspecified atom stereocenters. The summed E-state index contributed by atoms with van der Waals surface area (Å²) in [6.45, 7) is 0.321. The average Bonchev–Trinajstić information content (AvgIpc) is 3.10. The second-order valence-electron chi connectivity index (χ2n) is 6.50. The maximum Gasteiger partial charge on any atom is 0.316 e. The molecule has 1 fully saturated rings. The zero-order valence-electron chi connectivity index (χ0n) is 14.9. The number of hydrogen-bond donors (Lipinski definition) is 0. The lowest BCUT2D eigenvalue weighted by molar-refractivity contribution is -0.139. The zero-order chi connectivity index (χ0) is 18.8. The number of esters is 1. The standard InChI is InChI=1S/C22H19NO4/c1-26-17-9-11-18(12-10-17)27-22(25)16-13-21(24)23(14-16)20-8-4-6-15-5-2-3-7-19(15)20/h2-12,16H,13-14H2,1H3/t16-/m0/s1. The molecular formula is C22H19NO4. The maximum absolute atomic E-state index is 12.6. The molecule has 27 heavy (non-hydrogen) atoms. The molecule has 5 nitrogen and oxygen atoms in total. The highest BCUT2D eigenvalue weighted by Gasteiger charge is 2.36. The van der Waals surface area contributed by atoms with Crippen molar-refractivity contribution < 1.29 is 19.1 Å². The van der Waals surface area contributed by atoms with Crippen LogP contribution >= 0.6 is 0 Å². The lowest BCUT2D eigenvalue weighted by Crippen LogP contribution is -2.27. The summed E-state index contributed by atoms with van der Waals surface area (Å²) >= 11 is 0. The number of methoxy groups -OCH3 is 1. The van der Waals surface area contributed by atoms with Gasteiger partial charge in [0, 0.05) is 18.4 Å². The summed E-state index contributed by atoms with van der Waals surface area (Å²) in [7, 11) is 1.58. The van der Waals surface area contributed by atoms with Crippen LogP contribution in [0, 0.1) is 5.92 Å². The van der Waals surface area contributed by atoms with E-state index in [1.165, 1.54) is 0 Å². The molecule has 3 aromatic carbocycles. The monoisotopic (exact) mass is 361 g/mol. The molecule has 1 saturated heterocycles. The van der Waals surface area contributed by atoms with Crippen LogP contribution < -0.4 is 14.4 Å². The fourth-order valence-corrected chi connectivity index (χ4v) is 3.39. The molecule has 136 valence electrons. The molecule has 1 amide bonds. The molecule has 0 N–H and O–H groups in total. The van der Waals surface area contributed by atoms with Crippen LogP contribution in [0.1, 0.15) is 6.42 Å². The molecule has 5 heteroatoms. The largest absolute Gasteiger partial charge is 0.497 e. The van der Waals surface area contributed by atoms with Crippen molar-refractivity contribution >= 4 is 28.3 Å². The first-order valence-electron chi connectivity index (χ1n) is 8.79. The van der Waals surface area contributed by atoms with Crippen molar-refractivity contribution in [2.24, 2.45) is 5.92 Å². The van der Waals surface area contributed by atoms with Gasteiger partial charge in [0.25, 0.3) is 0 Å². The fraction of sp³-hybridized carbons (Fsp3) is 0.182. The van der Waals surface area contributed by atoms with Crippen molar-refractivity contribution in [3.8, 4) is 11.5 Å². The summed E-state index contributed by atoms with van der Waals surface area (Å²) in [5.74, 6) is 0.183. The van der Waals surface area contributed by atoms with Crippen LogP contribution in [-0.4, -0.2) is 25.5 Å². The van der Waals surface area contributed by atoms with Crippen molar-refractivity contribution in [3.05, 3.63) is 66.7 Å². The molecule has 1 atom stereocenters. The summed E-state index contributed by atoms with van der Waals surface area (Å²) < 4.78 is 10.5. The van der Waals surface area contributed by atoms with Crippen molar-refractivity contribution in [3.63, 3.8) is 0 Å². The van der Waals surface area contributed by atoms with Crippen LogP contribution in [0.5, 0.6) is 11.5 Å². The molecule has 0 aliphatic carbocycles. The van der Waals surface area contributed by atoms with Crippen LogP contribution in [0.2, 0.25) is 0 Å². The molecule has 3 aromatic rings. The van der Waals surface area contributed by atoms with E-state index in [0.717, 1.165) is 16.5 Å². The van der Waals surface area contributed by atoms with Crippen LogP contribution in [0.15, 0.2) is 66.7 Å². The first-order chi connectivity index (χ1) is 13.2. The SMILES string of the molecule is COc1ccc(OC(=O)[C@H]2CC(=O)N(c3cccc4ccccc34)C2)cc1. The van der Waals surface area contributed by atoms with Gasteiger partial charge >= 0.3 is 5.97 Å². The Kier molecular flexibility index (Phi) is 4.50. The van der Waals surface area contributed by atoms with Gasteiger partial charge in [-0.3, -0.25) is 9.59 Å². The van der Waals surface area contributed by atoms with Crippen molar-refractivity contribution in [1.82, 2.24) is 0 Å². The van der Waals surface area contributed by atoms with E-state index in [1.807, 2.05) is 42.5 Å². The molecule has 1 heterocycles. The summed E-state index contributed by atoms with van der Waals surface area (Å²) in [6.07, 6.45) is 0.151. The fourth-order valence-electron chi connectivity index (χ4n) is 3.39. The van der Waals surface area contributed by atoms with E-state index >= 15 is 0 Å². The predicted molar refractivity (Wildman–Crippen MR) is 103 cm³/mol. The first-order valence-corrected chi connectivity index (χ1v) is 8.79. The van der Waals surface area contributed by atoms with Crippen LogP contribution in [-0.2, 0) is 9.59 Å². The highest BCUT2D eigenvalue weighted by Crippen LogP contribution is 2.32. The van der Waals surface area contributed by atoms with Crippen molar-refractivity contribution in [2.75, 3.05) is 18.6 Å². The number of anilines is 1. The molecule has 0 bridgehead atoms. The van der Waals surface area contributed by atoms with Crippen molar-refractivity contribution in [2.45, 2.75) is 6.42 Å². The zero-order valence-corrected chi connectivity index (χ0v) is 14.9. The molecule has 1 aliphatic heterocycles. The smallest absolute Gasteiger partial charge is 0.316 e. The summed E-state index contributed by atoms with van der Waals surface area (Å²) in [4.78, 5) is 26.8. The Morgan fingerprint density at radius 1 is 0.963 bits per heavy atom. The number of ether oxygens (including phenoxy) is 2. The Labute approximate surface area is 157 Å². The summed E-state index contributed by atoms with van der Waals surface area (Å²) in [5, 5.41) is 2.06. The minimum Gasteiger partial charge on any atom is -0.497 e. The Morgan fingerprint density at radius 2 is 1.67 bits per heavy atom. The lowest BCUT2D eigenvalue weighted by Gasteiger charge is -2.18. The normalized spacial score (nSPS) is 16.6. The number of rotatable bonds is 4. The Hall–Kier alpha value is -3.34. The van der Waals surface area contributed by atoms with Crippen molar-refractivity contribution in [1.29, 1.82) is 0 Å². The number of benzene rings is 3. The van der Waals surface area contributed by atoms with Crippen LogP contribution in [0.3, 0.4) is 0 Å². The van der Waals surface area contributed by atoms with Gasteiger partial charge in [-0.05, 0) is 35.7 Å². The van der Waals surface area contributed by atoms with Gasteiger partial charge in [-0.25, -0.2) is 0 Å². The molecular weight excluding hydrogens is 342 g/mol. The Morgan fingerprint density at radius 3 is 2.44 bits per heavy atom. The second-order valence-corrected chi connectivity index (χ2v) is 6.50. The predicted octanol–water partition coefficient (Wildman–Crippen LogP) is 3.81. The minimum atomic E-state index is -0.487. The van der Waals surface area contributed by atoms with E-state index < -0.39 is 11.9 Å². The van der Waals surface area contributed by atoms with E-state index in [9.17, 15) is 9.59 Å². The molecule has 0 aromatic heterocycles. The van der Waals surface area contributed by atoms with Gasteiger partial charge in [-0.2, -0.15) is 0 Å². The van der Waals surface area contributed by atoms with Gasteiger partial charge in [0.15, 0.2) is 0 Å². The van der Waals surface area contributed by atoms with E-state index in [-0.39, 0.29) is 12.3 Å². The van der Waals surface area contributed by atoms with E-state index in [1.54, 1.807) is 36.3 Å². The second kappa shape index (κ2) is 7.11. The van der Waals surface area contributed by atoms with E-state index in [2.05, 4.69) is 0 Å². The van der Waals surface area contributed by atoms with Gasteiger partial charge < -0.3 is 14.4 Å². The highest BCUT2D eigenvalue weighted by atomic mass is 16.5. The molecule has 0 radical (unpaired) electrons. The third-order valence-corrected chi connectivity index (χ3v) is 4.79. The highest BCUT2D eigenvalue weighted by molar-refractivity contribution is 6.06. The Balaban J connectivity index is 1.52. The summed E-state index contributed by atoms with van der Waals surface area (Å²) in [5.41, 5.74) is 0.831. The average molecular weight is 361 g/mol. The lowest BCUT2D eigenvalue weighted by atomic mass is 10.1. The third-order valence-electron chi connectivity index (χ3n) is 4.79. The van der Waals surface area contributed by atoms with Gasteiger partial charge in [0.2, 0.25) is 5.91 Å².